The zero-order valence-corrected chi connectivity index (χ0v) is 35.0. The molecule has 4 atom stereocenters. The first-order chi connectivity index (χ1) is 27.2. The Hall–Kier alpha value is -5.59. The van der Waals surface area contributed by atoms with Crippen LogP contribution in [0, 0.1) is 0 Å². The summed E-state index contributed by atoms with van der Waals surface area (Å²) in [6, 6.07) is 36.6. The van der Waals surface area contributed by atoms with Gasteiger partial charge in [-0.3, -0.25) is 24.0 Å². The predicted octanol–water partition coefficient (Wildman–Crippen LogP) is 9.84. The number of halogens is 2. The molecule has 5 rings (SSSR count). The summed E-state index contributed by atoms with van der Waals surface area (Å²) in [5.74, 6) is -3.94. The van der Waals surface area contributed by atoms with E-state index in [0.717, 1.165) is 70.0 Å². The van der Waals surface area contributed by atoms with E-state index < -0.39 is 60.9 Å². The van der Waals surface area contributed by atoms with Gasteiger partial charge in [-0.05, 0) is 74.8 Å². The fraction of sp³-hybridized carbons (Fsp3) is 0.222. The van der Waals surface area contributed by atoms with Crippen molar-refractivity contribution < 1.29 is 47.7 Å². The molecule has 0 spiro atoms. The van der Waals surface area contributed by atoms with Crippen molar-refractivity contribution in [3.63, 3.8) is 0 Å². The van der Waals surface area contributed by atoms with Crippen LogP contribution in [0.5, 0.6) is 0 Å². The SMILES string of the molecule is CC(=O)OC[C@@H](OC(C)=O)[C@@H](OC(C)=O)[C@H](OC(C)=O)[C@H](OC(C)=O)c1cc(-c2ccccc2)c(-c2ccc(Br)cc2)c(-c2ccc(Br)cc2)c1-c1ccccc1. The van der Waals surface area contributed by atoms with Crippen LogP contribution in [0.25, 0.3) is 44.5 Å². The fourth-order valence-corrected chi connectivity index (χ4v) is 7.17. The minimum Gasteiger partial charge on any atom is -0.462 e. The molecule has 0 unspecified atom stereocenters. The van der Waals surface area contributed by atoms with E-state index in [1.54, 1.807) is 0 Å². The molecular formula is C45H40Br2O10. The topological polar surface area (TPSA) is 132 Å². The van der Waals surface area contributed by atoms with Crippen LogP contribution in [0.15, 0.2) is 124 Å². The number of benzene rings is 5. The molecule has 12 heteroatoms. The van der Waals surface area contributed by atoms with Crippen LogP contribution in [0.4, 0.5) is 0 Å². The summed E-state index contributed by atoms with van der Waals surface area (Å²) in [4.78, 5) is 63.8. The quantitative estimate of drug-likeness (QED) is 0.0784. The average Bonchev–Trinajstić information content (AvgIpc) is 3.17. The Kier molecular flexibility index (Phi) is 14.6. The van der Waals surface area contributed by atoms with E-state index in [1.807, 2.05) is 115 Å². The van der Waals surface area contributed by atoms with Crippen molar-refractivity contribution in [3.8, 4) is 44.5 Å². The van der Waals surface area contributed by atoms with E-state index in [1.165, 1.54) is 6.92 Å². The first-order valence-corrected chi connectivity index (χ1v) is 19.5. The zero-order valence-electron chi connectivity index (χ0n) is 31.8. The highest BCUT2D eigenvalue weighted by Crippen LogP contribution is 2.50. The third-order valence-corrected chi connectivity index (χ3v) is 9.79. The summed E-state index contributed by atoms with van der Waals surface area (Å²) in [5.41, 5.74) is 6.46. The Morgan fingerprint density at radius 1 is 0.474 bits per heavy atom. The highest BCUT2D eigenvalue weighted by Gasteiger charge is 2.46. The molecule has 5 aromatic carbocycles. The largest absolute Gasteiger partial charge is 0.462 e. The highest BCUT2D eigenvalue weighted by molar-refractivity contribution is 9.10. The van der Waals surface area contributed by atoms with Crippen molar-refractivity contribution in [1.29, 1.82) is 0 Å². The Labute approximate surface area is 347 Å². The van der Waals surface area contributed by atoms with Gasteiger partial charge in [0.05, 0.1) is 0 Å². The number of rotatable bonds is 14. The molecule has 0 amide bonds. The van der Waals surface area contributed by atoms with Gasteiger partial charge >= 0.3 is 29.8 Å². The van der Waals surface area contributed by atoms with Gasteiger partial charge in [-0.1, -0.05) is 117 Å². The smallest absolute Gasteiger partial charge is 0.303 e. The van der Waals surface area contributed by atoms with Crippen LogP contribution >= 0.6 is 31.9 Å². The molecule has 0 N–H and O–H groups in total. The van der Waals surface area contributed by atoms with Gasteiger partial charge in [0.2, 0.25) is 0 Å². The summed E-state index contributed by atoms with van der Waals surface area (Å²) in [7, 11) is 0. The van der Waals surface area contributed by atoms with Crippen molar-refractivity contribution >= 4 is 61.7 Å². The van der Waals surface area contributed by atoms with Crippen LogP contribution in [-0.2, 0) is 47.7 Å². The molecule has 5 aromatic rings. The summed E-state index contributed by atoms with van der Waals surface area (Å²) in [6.07, 6.45) is -6.32. The van der Waals surface area contributed by atoms with Gasteiger partial charge in [-0.15, -0.1) is 0 Å². The summed E-state index contributed by atoms with van der Waals surface area (Å²) in [6.45, 7) is 5.17. The molecule has 0 heterocycles. The third-order valence-electron chi connectivity index (χ3n) is 8.73. The molecule has 0 bridgehead atoms. The standard InChI is InChI=1S/C45H40Br2O10/c1-26(48)53-25-39(54-27(2)49)44(56-29(4)51)45(57-30(5)52)43(55-28(3)50)38-24-37(31-12-8-6-9-13-31)40(33-16-20-35(46)21-17-33)42(34-18-22-36(47)23-19-34)41(38)32-14-10-7-11-15-32/h6-24,39,43-45H,25H2,1-5H3/t39-,43-,44-,45-/m1/s1. The van der Waals surface area contributed by atoms with E-state index in [-0.39, 0.29) is 0 Å². The normalized spacial score (nSPS) is 13.0. The van der Waals surface area contributed by atoms with Crippen LogP contribution in [-0.4, -0.2) is 54.8 Å². The molecule has 0 aliphatic heterocycles. The van der Waals surface area contributed by atoms with Gasteiger partial charge in [0.15, 0.2) is 24.4 Å². The lowest BCUT2D eigenvalue weighted by atomic mass is 9.78. The van der Waals surface area contributed by atoms with E-state index >= 15 is 0 Å². The second-order valence-corrected chi connectivity index (χ2v) is 14.8. The van der Waals surface area contributed by atoms with Crippen LogP contribution < -0.4 is 0 Å². The number of esters is 5. The van der Waals surface area contributed by atoms with Crippen molar-refractivity contribution in [2.75, 3.05) is 6.61 Å². The number of carbonyl (C=O) groups excluding carboxylic acids is 5. The molecule has 294 valence electrons. The fourth-order valence-electron chi connectivity index (χ4n) is 6.64. The van der Waals surface area contributed by atoms with Crippen molar-refractivity contribution in [3.05, 3.63) is 130 Å². The van der Waals surface area contributed by atoms with Crippen molar-refractivity contribution in [2.45, 2.75) is 59.0 Å². The Bertz CT molecular complexity index is 2220. The average molecular weight is 901 g/mol. The summed E-state index contributed by atoms with van der Waals surface area (Å²) in [5, 5.41) is 0. The molecule has 57 heavy (non-hydrogen) atoms. The maximum atomic E-state index is 13.3. The summed E-state index contributed by atoms with van der Waals surface area (Å²) >= 11 is 7.16. The van der Waals surface area contributed by atoms with E-state index in [2.05, 4.69) is 31.9 Å². The van der Waals surface area contributed by atoms with Gasteiger partial charge in [0.25, 0.3) is 0 Å². The first kappa shape index (κ1) is 42.6. The second-order valence-electron chi connectivity index (χ2n) is 13.0. The van der Waals surface area contributed by atoms with Gasteiger partial charge in [-0.2, -0.15) is 0 Å². The molecular weight excluding hydrogens is 860 g/mol. The lowest BCUT2D eigenvalue weighted by Crippen LogP contribution is -2.50. The minimum absolute atomic E-state index is 0.367. The lowest BCUT2D eigenvalue weighted by Gasteiger charge is -2.37. The van der Waals surface area contributed by atoms with Crippen LogP contribution in [0.2, 0.25) is 0 Å². The van der Waals surface area contributed by atoms with Gasteiger partial charge in [-0.25, -0.2) is 0 Å². The molecule has 0 aromatic heterocycles. The van der Waals surface area contributed by atoms with E-state index in [0.29, 0.717) is 16.7 Å². The van der Waals surface area contributed by atoms with Gasteiger partial charge < -0.3 is 23.7 Å². The molecule has 10 nitrogen and oxygen atoms in total. The lowest BCUT2D eigenvalue weighted by molar-refractivity contribution is -0.203. The van der Waals surface area contributed by atoms with Crippen LogP contribution in [0.3, 0.4) is 0 Å². The number of carbonyl (C=O) groups is 5. The maximum absolute atomic E-state index is 13.3. The summed E-state index contributed by atoms with van der Waals surface area (Å²) < 4.78 is 30.6. The monoisotopic (exact) mass is 898 g/mol. The highest BCUT2D eigenvalue weighted by atomic mass is 79.9. The molecule has 0 saturated carbocycles. The Morgan fingerprint density at radius 2 is 0.912 bits per heavy atom. The molecule has 0 fully saturated rings. The number of ether oxygens (including phenoxy) is 5. The second kappa shape index (κ2) is 19.5. The molecule has 0 aliphatic rings. The molecule has 0 radical (unpaired) electrons. The first-order valence-electron chi connectivity index (χ1n) is 17.9. The van der Waals surface area contributed by atoms with Crippen LogP contribution in [0.1, 0.15) is 46.3 Å². The van der Waals surface area contributed by atoms with Gasteiger partial charge in [0.1, 0.15) is 6.61 Å². The van der Waals surface area contributed by atoms with E-state index in [9.17, 15) is 24.0 Å². The number of hydrogen-bond acceptors (Lipinski definition) is 10. The molecule has 0 saturated heterocycles. The number of hydrogen-bond donors (Lipinski definition) is 0. The Balaban J connectivity index is 2.01. The molecule has 0 aliphatic carbocycles. The zero-order chi connectivity index (χ0) is 41.2. The third kappa shape index (κ3) is 11.0. The van der Waals surface area contributed by atoms with E-state index in [4.69, 9.17) is 23.7 Å². The van der Waals surface area contributed by atoms with Crippen molar-refractivity contribution in [1.82, 2.24) is 0 Å². The van der Waals surface area contributed by atoms with Gasteiger partial charge in [0, 0.05) is 49.1 Å². The maximum Gasteiger partial charge on any atom is 0.303 e. The minimum atomic E-state index is -1.66. The Morgan fingerprint density at radius 3 is 1.39 bits per heavy atom. The van der Waals surface area contributed by atoms with Crippen molar-refractivity contribution in [2.24, 2.45) is 0 Å². The predicted molar refractivity (Wildman–Crippen MR) is 221 cm³/mol.